The quantitative estimate of drug-likeness (QED) is 0.357. The number of aliphatic hydroxyl groups excluding tert-OH is 1. The maximum atomic E-state index is 11.1. The lowest BCUT2D eigenvalue weighted by Gasteiger charge is -2.13. The fourth-order valence-corrected chi connectivity index (χ4v) is 2.00. The third-order valence-electron chi connectivity index (χ3n) is 2.28. The smallest absolute Gasteiger partial charge is 0.287 e. The van der Waals surface area contributed by atoms with Crippen molar-refractivity contribution < 1.29 is 9.90 Å². The van der Waals surface area contributed by atoms with Crippen LogP contribution in [0.1, 0.15) is 24.3 Å². The zero-order chi connectivity index (χ0) is 12.8. The fraction of sp³-hybridized carbons (Fsp3) is 0.667. The van der Waals surface area contributed by atoms with Gasteiger partial charge < -0.3 is 5.11 Å². The third-order valence-corrected chi connectivity index (χ3v) is 3.62. The van der Waals surface area contributed by atoms with Crippen molar-refractivity contribution in [3.63, 3.8) is 0 Å². The highest BCUT2D eigenvalue weighted by atomic mass is 32.2. The summed E-state index contributed by atoms with van der Waals surface area (Å²) in [6.45, 7) is 4.35. The van der Waals surface area contributed by atoms with Crippen molar-refractivity contribution in [3.8, 4) is 0 Å². The molecule has 0 fully saturated rings. The number of thioether (sulfide) groups is 1. The molecule has 1 heterocycles. The van der Waals surface area contributed by atoms with Gasteiger partial charge in [0.05, 0.1) is 18.8 Å². The second-order valence-electron chi connectivity index (χ2n) is 3.66. The molecule has 0 aliphatic heterocycles. The number of hydrazine groups is 1. The molecule has 0 bridgehead atoms. The monoisotopic (exact) mass is 259 g/mol. The van der Waals surface area contributed by atoms with Crippen molar-refractivity contribution in [1.82, 2.24) is 20.4 Å². The summed E-state index contributed by atoms with van der Waals surface area (Å²) in [5.74, 6) is 5.31. The number of aromatic nitrogens is 3. The van der Waals surface area contributed by atoms with E-state index < -0.39 is 5.91 Å². The van der Waals surface area contributed by atoms with Gasteiger partial charge >= 0.3 is 0 Å². The molecule has 0 saturated heterocycles. The molecule has 1 amide bonds. The Morgan fingerprint density at radius 2 is 2.41 bits per heavy atom. The Labute approximate surface area is 104 Å². The van der Waals surface area contributed by atoms with Gasteiger partial charge in [-0.05, 0) is 6.92 Å². The first-order valence-corrected chi connectivity index (χ1v) is 6.30. The number of aliphatic hydroxyl groups is 1. The Bertz CT molecular complexity index is 368. The standard InChI is InChI=1S/C9H17N5O2S/c1-6(15)7(2)17-4-3-14-5-8(12-13-14)9(16)11-10/h5-7,15H,3-4,10H2,1-2H3,(H,11,16). The Hall–Kier alpha value is -1.12. The maximum absolute atomic E-state index is 11.1. The van der Waals surface area contributed by atoms with Gasteiger partial charge in [0, 0.05) is 11.0 Å². The average Bonchev–Trinajstić information content (AvgIpc) is 2.76. The Kier molecular flexibility index (Phi) is 5.39. The normalized spacial score (nSPS) is 14.4. The van der Waals surface area contributed by atoms with E-state index in [-0.39, 0.29) is 17.0 Å². The van der Waals surface area contributed by atoms with Crippen LogP contribution >= 0.6 is 11.8 Å². The number of carbonyl (C=O) groups is 1. The summed E-state index contributed by atoms with van der Waals surface area (Å²) < 4.78 is 1.58. The molecule has 0 radical (unpaired) electrons. The van der Waals surface area contributed by atoms with E-state index in [1.54, 1.807) is 23.4 Å². The van der Waals surface area contributed by atoms with Gasteiger partial charge in [-0.15, -0.1) is 5.10 Å². The second-order valence-corrected chi connectivity index (χ2v) is 5.14. The molecule has 2 unspecified atom stereocenters. The number of nitrogens with zero attached hydrogens (tertiary/aromatic N) is 3. The van der Waals surface area contributed by atoms with Crippen LogP contribution in [0.5, 0.6) is 0 Å². The summed E-state index contributed by atoms with van der Waals surface area (Å²) in [4.78, 5) is 11.1. The number of nitrogens with two attached hydrogens (primary N) is 1. The van der Waals surface area contributed by atoms with Gasteiger partial charge in [-0.2, -0.15) is 11.8 Å². The molecule has 0 saturated carbocycles. The van der Waals surface area contributed by atoms with Crippen molar-refractivity contribution in [3.05, 3.63) is 11.9 Å². The predicted molar refractivity (Wildman–Crippen MR) is 65.3 cm³/mol. The van der Waals surface area contributed by atoms with Crippen LogP contribution in [0.15, 0.2) is 6.20 Å². The largest absolute Gasteiger partial charge is 0.392 e. The van der Waals surface area contributed by atoms with Crippen molar-refractivity contribution >= 4 is 17.7 Å². The van der Waals surface area contributed by atoms with Gasteiger partial charge in [-0.3, -0.25) is 14.9 Å². The van der Waals surface area contributed by atoms with Gasteiger partial charge in [-0.25, -0.2) is 5.84 Å². The zero-order valence-electron chi connectivity index (χ0n) is 9.83. The molecule has 7 nitrogen and oxygen atoms in total. The Morgan fingerprint density at radius 1 is 1.71 bits per heavy atom. The fourth-order valence-electron chi connectivity index (χ4n) is 1.06. The minimum absolute atomic E-state index is 0.172. The first-order valence-electron chi connectivity index (χ1n) is 5.25. The lowest BCUT2D eigenvalue weighted by atomic mass is 10.3. The van der Waals surface area contributed by atoms with Crippen molar-refractivity contribution in [2.45, 2.75) is 31.7 Å². The number of amides is 1. The van der Waals surface area contributed by atoms with Crippen LogP contribution in [0.25, 0.3) is 0 Å². The highest BCUT2D eigenvalue weighted by Crippen LogP contribution is 2.14. The van der Waals surface area contributed by atoms with E-state index in [4.69, 9.17) is 5.84 Å². The topological polar surface area (TPSA) is 106 Å². The zero-order valence-corrected chi connectivity index (χ0v) is 10.6. The SMILES string of the molecule is CC(O)C(C)SCCn1cc(C(=O)NN)nn1. The highest BCUT2D eigenvalue weighted by molar-refractivity contribution is 7.99. The summed E-state index contributed by atoms with van der Waals surface area (Å²) in [5, 5.41) is 17.0. The van der Waals surface area contributed by atoms with Crippen molar-refractivity contribution in [2.75, 3.05) is 5.75 Å². The lowest BCUT2D eigenvalue weighted by molar-refractivity contribution is 0.0948. The number of rotatable bonds is 6. The van der Waals surface area contributed by atoms with E-state index in [0.29, 0.717) is 6.54 Å². The molecule has 0 spiro atoms. The molecule has 1 aromatic heterocycles. The minimum Gasteiger partial charge on any atom is -0.392 e. The van der Waals surface area contributed by atoms with Crippen molar-refractivity contribution in [2.24, 2.45) is 5.84 Å². The van der Waals surface area contributed by atoms with Crippen LogP contribution in [0.4, 0.5) is 0 Å². The number of hydrogen-bond donors (Lipinski definition) is 3. The molecule has 4 N–H and O–H groups in total. The van der Waals surface area contributed by atoms with Gasteiger partial charge in [0.15, 0.2) is 5.69 Å². The third kappa shape index (κ3) is 4.33. The van der Waals surface area contributed by atoms with Crippen LogP contribution in [-0.4, -0.2) is 43.1 Å². The first kappa shape index (κ1) is 13.9. The molecular formula is C9H17N5O2S. The van der Waals surface area contributed by atoms with Gasteiger partial charge in [0.25, 0.3) is 5.91 Å². The molecule has 0 aromatic carbocycles. The van der Waals surface area contributed by atoms with Crippen LogP contribution in [0.2, 0.25) is 0 Å². The molecule has 8 heteroatoms. The maximum Gasteiger partial charge on any atom is 0.287 e. The molecular weight excluding hydrogens is 242 g/mol. The Balaban J connectivity index is 2.37. The van der Waals surface area contributed by atoms with Gasteiger partial charge in [0.2, 0.25) is 0 Å². The van der Waals surface area contributed by atoms with E-state index in [1.165, 1.54) is 6.20 Å². The molecule has 0 aliphatic rings. The van der Waals surface area contributed by atoms with Crippen molar-refractivity contribution in [1.29, 1.82) is 0 Å². The van der Waals surface area contributed by atoms with E-state index in [2.05, 4.69) is 10.3 Å². The minimum atomic E-state index is -0.457. The molecule has 0 aliphatic carbocycles. The lowest BCUT2D eigenvalue weighted by Crippen LogP contribution is -2.30. The number of hydrogen-bond acceptors (Lipinski definition) is 6. The summed E-state index contributed by atoms with van der Waals surface area (Å²) in [5.41, 5.74) is 2.19. The van der Waals surface area contributed by atoms with Gasteiger partial charge in [0.1, 0.15) is 0 Å². The summed E-state index contributed by atoms with van der Waals surface area (Å²) in [6, 6.07) is 0. The molecule has 17 heavy (non-hydrogen) atoms. The van der Waals surface area contributed by atoms with E-state index >= 15 is 0 Å². The second kappa shape index (κ2) is 6.58. The summed E-state index contributed by atoms with van der Waals surface area (Å²) >= 11 is 1.64. The van der Waals surface area contributed by atoms with E-state index in [1.807, 2.05) is 12.3 Å². The Morgan fingerprint density at radius 3 is 3.00 bits per heavy atom. The number of carbonyl (C=O) groups excluding carboxylic acids is 1. The summed E-state index contributed by atoms with van der Waals surface area (Å²) in [6.07, 6.45) is 1.20. The number of nitrogens with one attached hydrogen (secondary N) is 1. The predicted octanol–water partition coefficient (Wildman–Crippen LogP) is -0.616. The van der Waals surface area contributed by atoms with Crippen LogP contribution in [0.3, 0.4) is 0 Å². The molecule has 1 rings (SSSR count). The molecule has 2 atom stereocenters. The first-order chi connectivity index (χ1) is 8.04. The number of aryl methyl sites for hydroxylation is 1. The van der Waals surface area contributed by atoms with Crippen LogP contribution in [0, 0.1) is 0 Å². The van der Waals surface area contributed by atoms with E-state index in [9.17, 15) is 9.90 Å². The molecule has 96 valence electrons. The highest BCUT2D eigenvalue weighted by Gasteiger charge is 2.11. The molecule has 1 aromatic rings. The average molecular weight is 259 g/mol. The number of nitrogen functional groups attached to an aromatic ring is 1. The van der Waals surface area contributed by atoms with E-state index in [0.717, 1.165) is 5.75 Å². The van der Waals surface area contributed by atoms with Crippen LogP contribution in [-0.2, 0) is 6.54 Å². The summed E-state index contributed by atoms with van der Waals surface area (Å²) in [7, 11) is 0. The van der Waals surface area contributed by atoms with Crippen LogP contribution < -0.4 is 11.3 Å². The van der Waals surface area contributed by atoms with Gasteiger partial charge in [-0.1, -0.05) is 12.1 Å².